The van der Waals surface area contributed by atoms with Gasteiger partial charge in [-0.2, -0.15) is 0 Å². The minimum Gasteiger partial charge on any atom is -0.478 e. The number of aliphatic carboxylic acids is 1. The van der Waals surface area contributed by atoms with E-state index in [4.69, 9.17) is 5.11 Å². The Hall–Kier alpha value is -2.10. The minimum atomic E-state index is -0.989. The Kier molecular flexibility index (Phi) is 6.50. The third-order valence-corrected chi connectivity index (χ3v) is 2.84. The molecule has 2 N–H and O–H groups in total. The van der Waals surface area contributed by atoms with Gasteiger partial charge in [0.05, 0.1) is 0 Å². The van der Waals surface area contributed by atoms with Gasteiger partial charge in [0.25, 0.3) is 5.91 Å². The normalized spacial score (nSPS) is 10.9. The number of carbonyl (C=O) groups excluding carboxylic acids is 1. The lowest BCUT2D eigenvalue weighted by Gasteiger charge is -2.07. The summed E-state index contributed by atoms with van der Waals surface area (Å²) in [6, 6.07) is 6.84. The SMILES string of the molecule is CC(C)CCCNC(=O)c1ccc(C=CC(=O)O)cc1. The molecule has 4 heteroatoms. The lowest BCUT2D eigenvalue weighted by molar-refractivity contribution is -0.131. The van der Waals surface area contributed by atoms with Gasteiger partial charge in [-0.1, -0.05) is 26.0 Å². The lowest BCUT2D eigenvalue weighted by Crippen LogP contribution is -2.24. The molecule has 4 nitrogen and oxygen atoms in total. The summed E-state index contributed by atoms with van der Waals surface area (Å²) < 4.78 is 0. The third-order valence-electron chi connectivity index (χ3n) is 2.84. The van der Waals surface area contributed by atoms with Crippen LogP contribution in [0.2, 0.25) is 0 Å². The smallest absolute Gasteiger partial charge is 0.328 e. The van der Waals surface area contributed by atoms with Gasteiger partial charge in [-0.15, -0.1) is 0 Å². The van der Waals surface area contributed by atoms with Crippen molar-refractivity contribution >= 4 is 18.0 Å². The van der Waals surface area contributed by atoms with Crippen LogP contribution in [0.15, 0.2) is 30.3 Å². The first-order valence-corrected chi connectivity index (χ1v) is 6.78. The molecule has 0 aliphatic rings. The molecule has 1 amide bonds. The molecule has 0 saturated heterocycles. The van der Waals surface area contributed by atoms with Crippen molar-refractivity contribution in [2.45, 2.75) is 26.7 Å². The molecule has 0 saturated carbocycles. The third kappa shape index (κ3) is 6.18. The van der Waals surface area contributed by atoms with Crippen LogP contribution < -0.4 is 5.32 Å². The zero-order valence-corrected chi connectivity index (χ0v) is 11.9. The number of hydrogen-bond donors (Lipinski definition) is 2. The average Bonchev–Trinajstić information content (AvgIpc) is 2.41. The Morgan fingerprint density at radius 3 is 2.45 bits per heavy atom. The average molecular weight is 275 g/mol. The molecular formula is C16H21NO3. The van der Waals surface area contributed by atoms with Gasteiger partial charge < -0.3 is 10.4 Å². The molecule has 0 heterocycles. The molecule has 1 aromatic carbocycles. The Morgan fingerprint density at radius 1 is 1.25 bits per heavy atom. The van der Waals surface area contributed by atoms with Crippen LogP contribution in [0.3, 0.4) is 0 Å². The predicted molar refractivity (Wildman–Crippen MR) is 79.5 cm³/mol. The Labute approximate surface area is 119 Å². The quantitative estimate of drug-likeness (QED) is 0.594. The number of carboxylic acid groups (broad SMARTS) is 1. The molecule has 0 aliphatic heterocycles. The summed E-state index contributed by atoms with van der Waals surface area (Å²) >= 11 is 0. The summed E-state index contributed by atoms with van der Waals surface area (Å²) in [5, 5.41) is 11.4. The van der Waals surface area contributed by atoms with E-state index in [1.807, 2.05) is 0 Å². The first-order chi connectivity index (χ1) is 9.49. The number of rotatable bonds is 7. The lowest BCUT2D eigenvalue weighted by atomic mass is 10.1. The van der Waals surface area contributed by atoms with E-state index in [1.165, 1.54) is 6.08 Å². The summed E-state index contributed by atoms with van der Waals surface area (Å²) in [5.41, 5.74) is 1.34. The summed E-state index contributed by atoms with van der Waals surface area (Å²) in [5.74, 6) is -0.438. The highest BCUT2D eigenvalue weighted by Gasteiger charge is 2.04. The van der Waals surface area contributed by atoms with Crippen molar-refractivity contribution in [1.82, 2.24) is 5.32 Å². The fourth-order valence-corrected chi connectivity index (χ4v) is 1.73. The van der Waals surface area contributed by atoms with Crippen molar-refractivity contribution in [2.75, 3.05) is 6.54 Å². The van der Waals surface area contributed by atoms with E-state index < -0.39 is 5.97 Å². The van der Waals surface area contributed by atoms with Crippen molar-refractivity contribution in [1.29, 1.82) is 0 Å². The highest BCUT2D eigenvalue weighted by atomic mass is 16.4. The van der Waals surface area contributed by atoms with E-state index in [-0.39, 0.29) is 5.91 Å². The fourth-order valence-electron chi connectivity index (χ4n) is 1.73. The Bertz CT molecular complexity index is 475. The van der Waals surface area contributed by atoms with Gasteiger partial charge in [0.15, 0.2) is 0 Å². The molecule has 108 valence electrons. The van der Waals surface area contributed by atoms with Crippen molar-refractivity contribution in [3.63, 3.8) is 0 Å². The van der Waals surface area contributed by atoms with Crippen LogP contribution in [0.1, 0.15) is 42.6 Å². The number of amides is 1. The molecule has 0 atom stereocenters. The van der Waals surface area contributed by atoms with Gasteiger partial charge in [0.2, 0.25) is 0 Å². The summed E-state index contributed by atoms with van der Waals surface area (Å²) in [4.78, 5) is 22.2. The van der Waals surface area contributed by atoms with Crippen LogP contribution >= 0.6 is 0 Å². The zero-order valence-electron chi connectivity index (χ0n) is 11.9. The highest BCUT2D eigenvalue weighted by Crippen LogP contribution is 2.07. The van der Waals surface area contributed by atoms with Gasteiger partial charge in [-0.3, -0.25) is 4.79 Å². The Balaban J connectivity index is 2.47. The first kappa shape index (κ1) is 16.0. The number of benzene rings is 1. The molecule has 0 spiro atoms. The largest absolute Gasteiger partial charge is 0.478 e. The molecule has 0 aliphatic carbocycles. The number of hydrogen-bond acceptors (Lipinski definition) is 2. The molecular weight excluding hydrogens is 254 g/mol. The second-order valence-electron chi connectivity index (χ2n) is 5.09. The van der Waals surface area contributed by atoms with Gasteiger partial charge >= 0.3 is 5.97 Å². The van der Waals surface area contributed by atoms with E-state index >= 15 is 0 Å². The van der Waals surface area contributed by atoms with Crippen molar-refractivity contribution in [2.24, 2.45) is 5.92 Å². The van der Waals surface area contributed by atoms with Gasteiger partial charge in [0, 0.05) is 18.2 Å². The monoisotopic (exact) mass is 275 g/mol. The van der Waals surface area contributed by atoms with E-state index in [1.54, 1.807) is 24.3 Å². The van der Waals surface area contributed by atoms with Crippen LogP contribution in [0, 0.1) is 5.92 Å². The molecule has 0 bridgehead atoms. The number of carbonyl (C=O) groups is 2. The molecule has 0 fully saturated rings. The predicted octanol–water partition coefficient (Wildman–Crippen LogP) is 2.95. The summed E-state index contributed by atoms with van der Waals surface area (Å²) in [6.07, 6.45) is 4.63. The molecule has 1 rings (SSSR count). The summed E-state index contributed by atoms with van der Waals surface area (Å²) in [7, 11) is 0. The van der Waals surface area contributed by atoms with Crippen LogP contribution in [-0.4, -0.2) is 23.5 Å². The van der Waals surface area contributed by atoms with Crippen molar-refractivity contribution < 1.29 is 14.7 Å². The maximum atomic E-state index is 11.8. The molecule has 20 heavy (non-hydrogen) atoms. The van der Waals surface area contributed by atoms with Crippen LogP contribution in [-0.2, 0) is 4.79 Å². The van der Waals surface area contributed by atoms with Crippen LogP contribution in [0.25, 0.3) is 6.08 Å². The molecule has 1 aromatic rings. The standard InChI is InChI=1S/C16H21NO3/c1-12(2)4-3-11-17-16(20)14-8-5-13(6-9-14)7-10-15(18)19/h5-10,12H,3-4,11H2,1-2H3,(H,17,20)(H,18,19). The molecule has 0 radical (unpaired) electrons. The van der Waals surface area contributed by atoms with E-state index in [2.05, 4.69) is 19.2 Å². The minimum absolute atomic E-state index is 0.0949. The van der Waals surface area contributed by atoms with Crippen LogP contribution in [0.5, 0.6) is 0 Å². The molecule has 0 aromatic heterocycles. The Morgan fingerprint density at radius 2 is 1.90 bits per heavy atom. The maximum Gasteiger partial charge on any atom is 0.328 e. The van der Waals surface area contributed by atoms with Gasteiger partial charge in [-0.05, 0) is 42.5 Å². The van der Waals surface area contributed by atoms with Crippen molar-refractivity contribution in [3.05, 3.63) is 41.5 Å². The number of nitrogens with one attached hydrogen (secondary N) is 1. The fraction of sp³-hybridized carbons (Fsp3) is 0.375. The van der Waals surface area contributed by atoms with E-state index in [9.17, 15) is 9.59 Å². The zero-order chi connectivity index (χ0) is 15.0. The number of carboxylic acids is 1. The van der Waals surface area contributed by atoms with Gasteiger partial charge in [-0.25, -0.2) is 4.79 Å². The second kappa shape index (κ2) is 8.15. The van der Waals surface area contributed by atoms with E-state index in [0.717, 1.165) is 24.5 Å². The molecule has 0 unspecified atom stereocenters. The van der Waals surface area contributed by atoms with Crippen molar-refractivity contribution in [3.8, 4) is 0 Å². The highest BCUT2D eigenvalue weighted by molar-refractivity contribution is 5.94. The van der Waals surface area contributed by atoms with E-state index in [0.29, 0.717) is 18.0 Å². The topological polar surface area (TPSA) is 66.4 Å². The van der Waals surface area contributed by atoms with Gasteiger partial charge in [0.1, 0.15) is 0 Å². The summed E-state index contributed by atoms with van der Waals surface area (Å²) in [6.45, 7) is 4.99. The first-order valence-electron chi connectivity index (χ1n) is 6.78. The maximum absolute atomic E-state index is 11.8. The van der Waals surface area contributed by atoms with Crippen LogP contribution in [0.4, 0.5) is 0 Å². The second-order valence-corrected chi connectivity index (χ2v) is 5.09.